The van der Waals surface area contributed by atoms with E-state index in [4.69, 9.17) is 0 Å². The lowest BCUT2D eigenvalue weighted by Crippen LogP contribution is -2.31. The maximum absolute atomic E-state index is 13.5. The summed E-state index contributed by atoms with van der Waals surface area (Å²) in [6.45, 7) is 6.49. The molecule has 39 heavy (non-hydrogen) atoms. The van der Waals surface area contributed by atoms with Crippen molar-refractivity contribution in [3.63, 3.8) is 0 Å². The molecule has 2 amide bonds. The Morgan fingerprint density at radius 3 is 2.38 bits per heavy atom. The molecular formula is C32H33N3O4. The van der Waals surface area contributed by atoms with Gasteiger partial charge in [-0.2, -0.15) is 0 Å². The van der Waals surface area contributed by atoms with E-state index < -0.39 is 11.4 Å². The van der Waals surface area contributed by atoms with Gasteiger partial charge in [-0.05, 0) is 57.1 Å². The summed E-state index contributed by atoms with van der Waals surface area (Å²) in [5, 5.41) is 14.2. The van der Waals surface area contributed by atoms with Crippen molar-refractivity contribution in [1.82, 2.24) is 14.5 Å². The maximum atomic E-state index is 13.5. The summed E-state index contributed by atoms with van der Waals surface area (Å²) in [7, 11) is 1.95. The first-order chi connectivity index (χ1) is 18.6. The molecule has 2 aliphatic heterocycles. The first-order valence-electron chi connectivity index (χ1n) is 13.6. The van der Waals surface area contributed by atoms with Crippen molar-refractivity contribution in [2.45, 2.75) is 46.6 Å². The predicted octanol–water partition coefficient (Wildman–Crippen LogP) is 5.40. The van der Waals surface area contributed by atoms with Gasteiger partial charge in [0.25, 0.3) is 11.8 Å². The van der Waals surface area contributed by atoms with Gasteiger partial charge in [-0.15, -0.1) is 0 Å². The molecule has 0 saturated heterocycles. The summed E-state index contributed by atoms with van der Waals surface area (Å²) in [5.41, 5.74) is 4.70. The first kappa shape index (κ1) is 25.2. The third-order valence-electron chi connectivity index (χ3n) is 8.82. The van der Waals surface area contributed by atoms with Crippen LogP contribution in [0.25, 0.3) is 33.0 Å². The molecule has 4 heterocycles. The Labute approximate surface area is 227 Å². The molecule has 7 heteroatoms. The summed E-state index contributed by atoms with van der Waals surface area (Å²) >= 11 is 0. The smallest absolute Gasteiger partial charge is 0.309 e. The number of imide groups is 1. The maximum Gasteiger partial charge on any atom is 0.309 e. The number of nitrogens with one attached hydrogen (secondary N) is 1. The van der Waals surface area contributed by atoms with Crippen molar-refractivity contribution in [3.05, 3.63) is 71.5 Å². The van der Waals surface area contributed by atoms with E-state index in [1.165, 1.54) is 0 Å². The quantitative estimate of drug-likeness (QED) is 0.331. The number of nitrogens with zero attached hydrogens (tertiary/aromatic N) is 2. The van der Waals surface area contributed by atoms with Crippen LogP contribution < -0.4 is 5.32 Å². The van der Waals surface area contributed by atoms with Gasteiger partial charge in [-0.25, -0.2) is 0 Å². The second-order valence-electron chi connectivity index (χ2n) is 11.8. The van der Waals surface area contributed by atoms with Gasteiger partial charge in [0.1, 0.15) is 0 Å². The Bertz CT molecular complexity index is 1720. The number of carbonyl (C=O) groups excluding carboxylic acids is 2. The standard InChI is InChI=1S/C32H33N3O4/c1-18(16-32(2,3)31(38)39)19-13-14-35-24-12-8-6-10-21(24)26(25(35)15-19)28-27(29(36)33-30(28)37)22-17-34(4)23-11-7-5-9-20(22)23/h5-12,17-19H,13-16H2,1-4H3,(H,38,39)(H,33,36,37). The average molecular weight is 524 g/mol. The lowest BCUT2D eigenvalue weighted by Gasteiger charge is -2.33. The highest BCUT2D eigenvalue weighted by molar-refractivity contribution is 6.51. The topological polar surface area (TPSA) is 93.3 Å². The summed E-state index contributed by atoms with van der Waals surface area (Å²) in [6, 6.07) is 16.0. The first-order valence-corrected chi connectivity index (χ1v) is 13.6. The number of hydrogen-bond acceptors (Lipinski definition) is 3. The fraction of sp³-hybridized carbons (Fsp3) is 0.344. The third kappa shape index (κ3) is 3.90. The minimum atomic E-state index is -0.811. The molecule has 0 aliphatic carbocycles. The molecule has 2 aliphatic rings. The molecule has 0 saturated carbocycles. The fourth-order valence-electron chi connectivity index (χ4n) is 6.78. The molecule has 200 valence electrons. The molecule has 0 spiro atoms. The molecule has 2 atom stereocenters. The lowest BCUT2D eigenvalue weighted by molar-refractivity contribution is -0.148. The summed E-state index contributed by atoms with van der Waals surface area (Å²) in [6.07, 6.45) is 4.16. The number of carboxylic acid groups (broad SMARTS) is 1. The highest BCUT2D eigenvalue weighted by Crippen LogP contribution is 2.44. The van der Waals surface area contributed by atoms with Crippen LogP contribution in [0.2, 0.25) is 0 Å². The number of hydrogen-bond donors (Lipinski definition) is 2. The fourth-order valence-corrected chi connectivity index (χ4v) is 6.78. The van der Waals surface area contributed by atoms with Crippen molar-refractivity contribution in [1.29, 1.82) is 0 Å². The molecule has 6 rings (SSSR count). The van der Waals surface area contributed by atoms with Crippen LogP contribution in [0.1, 0.15) is 50.4 Å². The number of aryl methyl sites for hydroxylation is 2. The number of carboxylic acids is 1. The van der Waals surface area contributed by atoms with Crippen molar-refractivity contribution in [2.75, 3.05) is 0 Å². The van der Waals surface area contributed by atoms with E-state index in [-0.39, 0.29) is 23.7 Å². The summed E-state index contributed by atoms with van der Waals surface area (Å²) in [5.74, 6) is -1.09. The predicted molar refractivity (Wildman–Crippen MR) is 152 cm³/mol. The van der Waals surface area contributed by atoms with E-state index in [1.54, 1.807) is 13.8 Å². The van der Waals surface area contributed by atoms with Crippen LogP contribution in [0, 0.1) is 17.3 Å². The minimum Gasteiger partial charge on any atom is -0.481 e. The third-order valence-corrected chi connectivity index (χ3v) is 8.82. The van der Waals surface area contributed by atoms with Crippen LogP contribution in [0.4, 0.5) is 0 Å². The zero-order chi connectivity index (χ0) is 27.6. The Hall–Kier alpha value is -4.13. The van der Waals surface area contributed by atoms with Gasteiger partial charge in [0.2, 0.25) is 0 Å². The Morgan fingerprint density at radius 2 is 1.67 bits per heavy atom. The number of carbonyl (C=O) groups is 3. The van der Waals surface area contributed by atoms with Gasteiger partial charge in [-0.3, -0.25) is 19.7 Å². The normalized spacial score (nSPS) is 18.6. The van der Waals surface area contributed by atoms with Crippen molar-refractivity contribution in [3.8, 4) is 0 Å². The highest BCUT2D eigenvalue weighted by atomic mass is 16.4. The number of benzene rings is 2. The van der Waals surface area contributed by atoms with E-state index in [9.17, 15) is 19.5 Å². The van der Waals surface area contributed by atoms with E-state index >= 15 is 0 Å². The largest absolute Gasteiger partial charge is 0.481 e. The molecule has 2 aromatic carbocycles. The molecule has 2 aromatic heterocycles. The lowest BCUT2D eigenvalue weighted by atomic mass is 9.74. The van der Waals surface area contributed by atoms with E-state index in [0.717, 1.165) is 51.6 Å². The van der Waals surface area contributed by atoms with E-state index in [1.807, 2.05) is 60.3 Å². The zero-order valence-corrected chi connectivity index (χ0v) is 22.7. The highest BCUT2D eigenvalue weighted by Gasteiger charge is 2.39. The van der Waals surface area contributed by atoms with Crippen LogP contribution in [0.15, 0.2) is 54.7 Å². The molecule has 2 unspecified atom stereocenters. The number of rotatable bonds is 6. The van der Waals surface area contributed by atoms with Gasteiger partial charge in [0.15, 0.2) is 0 Å². The number of fused-ring (bicyclic) bond motifs is 4. The molecule has 0 bridgehead atoms. The van der Waals surface area contributed by atoms with E-state index in [2.05, 4.69) is 22.9 Å². The van der Waals surface area contributed by atoms with Crippen LogP contribution in [-0.2, 0) is 34.4 Å². The van der Waals surface area contributed by atoms with Crippen LogP contribution in [-0.4, -0.2) is 32.0 Å². The van der Waals surface area contributed by atoms with Crippen LogP contribution in [0.3, 0.4) is 0 Å². The average Bonchev–Trinajstić information content (AvgIpc) is 3.51. The van der Waals surface area contributed by atoms with Crippen LogP contribution in [0.5, 0.6) is 0 Å². The van der Waals surface area contributed by atoms with Gasteiger partial charge in [-0.1, -0.05) is 43.3 Å². The number of amides is 2. The molecule has 2 N–H and O–H groups in total. The van der Waals surface area contributed by atoms with Crippen molar-refractivity contribution in [2.24, 2.45) is 24.3 Å². The summed E-state index contributed by atoms with van der Waals surface area (Å²) in [4.78, 5) is 38.8. The summed E-state index contributed by atoms with van der Waals surface area (Å²) < 4.78 is 4.28. The van der Waals surface area contributed by atoms with Gasteiger partial charge in [0, 0.05) is 58.4 Å². The van der Waals surface area contributed by atoms with Gasteiger partial charge >= 0.3 is 5.97 Å². The molecule has 0 radical (unpaired) electrons. The SMILES string of the molecule is CC(CC(C)(C)C(=O)O)C1CCn2c(c(C3=C(c4cn(C)c5ccccc45)C(=O)NC3=O)c3ccccc32)C1. The van der Waals surface area contributed by atoms with Crippen LogP contribution >= 0.6 is 0 Å². The number of aromatic nitrogens is 2. The number of para-hydroxylation sites is 2. The number of aliphatic carboxylic acids is 1. The Balaban J connectivity index is 1.55. The minimum absolute atomic E-state index is 0.182. The zero-order valence-electron chi connectivity index (χ0n) is 22.7. The second kappa shape index (κ2) is 8.97. The molecular weight excluding hydrogens is 490 g/mol. The van der Waals surface area contributed by atoms with Gasteiger partial charge in [0.05, 0.1) is 16.6 Å². The monoisotopic (exact) mass is 523 g/mol. The molecule has 7 nitrogen and oxygen atoms in total. The Kier molecular flexibility index (Phi) is 5.79. The van der Waals surface area contributed by atoms with E-state index in [0.29, 0.717) is 24.0 Å². The van der Waals surface area contributed by atoms with Gasteiger partial charge < -0.3 is 14.2 Å². The molecule has 0 fully saturated rings. The molecule has 4 aromatic rings. The Morgan fingerprint density at radius 1 is 1.03 bits per heavy atom. The van der Waals surface area contributed by atoms with Crippen molar-refractivity contribution < 1.29 is 19.5 Å². The second-order valence-corrected chi connectivity index (χ2v) is 11.8. The van der Waals surface area contributed by atoms with Crippen molar-refractivity contribution >= 4 is 50.7 Å².